The van der Waals surface area contributed by atoms with E-state index >= 15 is 0 Å². The molecule has 1 aromatic carbocycles. The molecule has 0 spiro atoms. The minimum Gasteiger partial charge on any atom is -0.449 e. The van der Waals surface area contributed by atoms with Gasteiger partial charge in [0.05, 0.1) is 5.56 Å². The van der Waals surface area contributed by atoms with Crippen LogP contribution in [0.1, 0.15) is 31.1 Å². The molecule has 0 saturated heterocycles. The molecule has 0 aliphatic carbocycles. The zero-order chi connectivity index (χ0) is 15.3. The van der Waals surface area contributed by atoms with Gasteiger partial charge in [0.25, 0.3) is 5.91 Å². The summed E-state index contributed by atoms with van der Waals surface area (Å²) in [6.45, 7) is 5.85. The molecule has 1 amide bonds. The van der Waals surface area contributed by atoms with Crippen molar-refractivity contribution in [2.24, 2.45) is 5.92 Å². The van der Waals surface area contributed by atoms with E-state index in [9.17, 15) is 14.0 Å². The Morgan fingerprint density at radius 3 is 2.55 bits per heavy atom. The summed E-state index contributed by atoms with van der Waals surface area (Å²) in [6.07, 6.45) is -0.968. The first-order valence-electron chi connectivity index (χ1n) is 6.25. The highest BCUT2D eigenvalue weighted by molar-refractivity contribution is 9.10. The molecule has 20 heavy (non-hydrogen) atoms. The Morgan fingerprint density at radius 2 is 2.00 bits per heavy atom. The minimum atomic E-state index is -0.968. The SMILES string of the molecule is CC(C)CNC(=O)[C@@H](C)OC(=O)c1ccc(Br)cc1F. The molecule has 6 heteroatoms. The maximum absolute atomic E-state index is 13.6. The second-order valence-electron chi connectivity index (χ2n) is 4.81. The summed E-state index contributed by atoms with van der Waals surface area (Å²) in [4.78, 5) is 23.4. The molecule has 0 saturated carbocycles. The molecular formula is C14H17BrFNO3. The van der Waals surface area contributed by atoms with Gasteiger partial charge in [0.2, 0.25) is 0 Å². The smallest absolute Gasteiger partial charge is 0.341 e. The zero-order valence-corrected chi connectivity index (χ0v) is 13.2. The summed E-state index contributed by atoms with van der Waals surface area (Å²) in [5, 5.41) is 2.65. The van der Waals surface area contributed by atoms with Crippen LogP contribution in [0.15, 0.2) is 22.7 Å². The van der Waals surface area contributed by atoms with Crippen LogP contribution < -0.4 is 5.32 Å². The fraction of sp³-hybridized carbons (Fsp3) is 0.429. The number of ether oxygens (including phenoxy) is 1. The summed E-state index contributed by atoms with van der Waals surface area (Å²) >= 11 is 3.10. The molecule has 0 aliphatic rings. The first-order chi connectivity index (χ1) is 9.31. The quantitative estimate of drug-likeness (QED) is 0.834. The number of nitrogens with one attached hydrogen (secondary N) is 1. The highest BCUT2D eigenvalue weighted by Gasteiger charge is 2.21. The first-order valence-corrected chi connectivity index (χ1v) is 7.04. The molecule has 0 radical (unpaired) electrons. The normalized spacial score (nSPS) is 12.1. The van der Waals surface area contributed by atoms with Crippen molar-refractivity contribution in [3.63, 3.8) is 0 Å². The van der Waals surface area contributed by atoms with Gasteiger partial charge in [-0.25, -0.2) is 9.18 Å². The highest BCUT2D eigenvalue weighted by atomic mass is 79.9. The van der Waals surface area contributed by atoms with Gasteiger partial charge >= 0.3 is 5.97 Å². The Bertz CT molecular complexity index is 505. The topological polar surface area (TPSA) is 55.4 Å². The molecule has 1 aromatic rings. The molecule has 0 heterocycles. The van der Waals surface area contributed by atoms with Crippen molar-refractivity contribution in [2.45, 2.75) is 26.9 Å². The number of hydrogen-bond acceptors (Lipinski definition) is 3. The summed E-state index contributed by atoms with van der Waals surface area (Å²) in [7, 11) is 0. The largest absolute Gasteiger partial charge is 0.449 e. The third-order valence-electron chi connectivity index (χ3n) is 2.49. The van der Waals surface area contributed by atoms with Crippen LogP contribution in [0.5, 0.6) is 0 Å². The standard InChI is InChI=1S/C14H17BrFNO3/c1-8(2)7-17-13(18)9(3)20-14(19)11-5-4-10(15)6-12(11)16/h4-6,8-9H,7H2,1-3H3,(H,17,18)/t9-/m1/s1. The molecule has 110 valence electrons. The van der Waals surface area contributed by atoms with E-state index in [4.69, 9.17) is 4.74 Å². The van der Waals surface area contributed by atoms with Crippen molar-refractivity contribution in [1.82, 2.24) is 5.32 Å². The summed E-state index contributed by atoms with van der Waals surface area (Å²) in [5.41, 5.74) is -0.197. The second-order valence-corrected chi connectivity index (χ2v) is 5.73. The molecule has 4 nitrogen and oxygen atoms in total. The molecule has 0 aromatic heterocycles. The Hall–Kier alpha value is -1.43. The van der Waals surface area contributed by atoms with Gasteiger partial charge in [-0.3, -0.25) is 4.79 Å². The predicted molar refractivity (Wildman–Crippen MR) is 76.8 cm³/mol. The average Bonchev–Trinajstić information content (AvgIpc) is 2.35. The number of carbonyl (C=O) groups is 2. The summed E-state index contributed by atoms with van der Waals surface area (Å²) in [5.74, 6) is -1.66. The van der Waals surface area contributed by atoms with Crippen LogP contribution in [0, 0.1) is 11.7 Å². The Labute approximate surface area is 125 Å². The van der Waals surface area contributed by atoms with E-state index in [1.165, 1.54) is 25.1 Å². The average molecular weight is 346 g/mol. The molecule has 1 atom stereocenters. The van der Waals surface area contributed by atoms with E-state index in [1.807, 2.05) is 13.8 Å². The number of amides is 1. The van der Waals surface area contributed by atoms with E-state index < -0.39 is 23.8 Å². The minimum absolute atomic E-state index is 0.197. The van der Waals surface area contributed by atoms with Crippen LogP contribution in [0.25, 0.3) is 0 Å². The van der Waals surface area contributed by atoms with Crippen LogP contribution in [-0.2, 0) is 9.53 Å². The fourth-order valence-corrected chi connectivity index (χ4v) is 1.71. The number of carbonyl (C=O) groups excluding carboxylic acids is 2. The number of rotatable bonds is 5. The van der Waals surface area contributed by atoms with Gasteiger partial charge in [0, 0.05) is 11.0 Å². The van der Waals surface area contributed by atoms with Crippen molar-refractivity contribution >= 4 is 27.8 Å². The third-order valence-corrected chi connectivity index (χ3v) is 2.98. The highest BCUT2D eigenvalue weighted by Crippen LogP contribution is 2.16. The van der Waals surface area contributed by atoms with E-state index in [-0.39, 0.29) is 5.56 Å². The maximum atomic E-state index is 13.6. The van der Waals surface area contributed by atoms with Gasteiger partial charge in [-0.05, 0) is 31.0 Å². The van der Waals surface area contributed by atoms with Crippen molar-refractivity contribution in [3.8, 4) is 0 Å². The lowest BCUT2D eigenvalue weighted by Crippen LogP contribution is -2.37. The van der Waals surface area contributed by atoms with Gasteiger partial charge in [0.15, 0.2) is 6.10 Å². The van der Waals surface area contributed by atoms with Gasteiger partial charge in [-0.1, -0.05) is 29.8 Å². The van der Waals surface area contributed by atoms with Gasteiger partial charge in [0.1, 0.15) is 5.82 Å². The van der Waals surface area contributed by atoms with E-state index in [0.717, 1.165) is 0 Å². The Morgan fingerprint density at radius 1 is 1.35 bits per heavy atom. The number of esters is 1. The molecule has 0 unspecified atom stereocenters. The zero-order valence-electron chi connectivity index (χ0n) is 11.6. The van der Waals surface area contributed by atoms with Crippen molar-refractivity contribution in [3.05, 3.63) is 34.1 Å². The second kappa shape index (κ2) is 7.38. The molecule has 0 aliphatic heterocycles. The molecule has 0 fully saturated rings. The lowest BCUT2D eigenvalue weighted by atomic mass is 10.2. The van der Waals surface area contributed by atoms with Gasteiger partial charge in [-0.15, -0.1) is 0 Å². The third kappa shape index (κ3) is 4.92. The Kier molecular flexibility index (Phi) is 6.13. The fourth-order valence-electron chi connectivity index (χ4n) is 1.38. The van der Waals surface area contributed by atoms with Crippen LogP contribution in [-0.4, -0.2) is 24.5 Å². The number of halogens is 2. The summed E-state index contributed by atoms with van der Waals surface area (Å²) in [6, 6.07) is 4.00. The number of hydrogen-bond donors (Lipinski definition) is 1. The molecule has 1 rings (SSSR count). The van der Waals surface area contributed by atoms with E-state index in [1.54, 1.807) is 0 Å². The lowest BCUT2D eigenvalue weighted by Gasteiger charge is -2.14. The maximum Gasteiger partial charge on any atom is 0.341 e. The first kappa shape index (κ1) is 16.6. The van der Waals surface area contributed by atoms with E-state index in [2.05, 4.69) is 21.2 Å². The van der Waals surface area contributed by atoms with Crippen LogP contribution in [0.4, 0.5) is 4.39 Å². The molecule has 0 bridgehead atoms. The van der Waals surface area contributed by atoms with Gasteiger partial charge in [-0.2, -0.15) is 0 Å². The van der Waals surface area contributed by atoms with Crippen LogP contribution in [0.3, 0.4) is 0 Å². The predicted octanol–water partition coefficient (Wildman–Crippen LogP) is 2.91. The van der Waals surface area contributed by atoms with Gasteiger partial charge < -0.3 is 10.1 Å². The number of benzene rings is 1. The van der Waals surface area contributed by atoms with E-state index in [0.29, 0.717) is 16.9 Å². The van der Waals surface area contributed by atoms with Crippen LogP contribution >= 0.6 is 15.9 Å². The monoisotopic (exact) mass is 345 g/mol. The van der Waals surface area contributed by atoms with Crippen molar-refractivity contribution in [2.75, 3.05) is 6.54 Å². The Balaban J connectivity index is 2.63. The lowest BCUT2D eigenvalue weighted by molar-refractivity contribution is -0.129. The summed E-state index contributed by atoms with van der Waals surface area (Å²) < 4.78 is 19.0. The van der Waals surface area contributed by atoms with Crippen LogP contribution in [0.2, 0.25) is 0 Å². The van der Waals surface area contributed by atoms with Crippen molar-refractivity contribution < 1.29 is 18.7 Å². The molecule has 1 N–H and O–H groups in total. The molecular weight excluding hydrogens is 329 g/mol. The van der Waals surface area contributed by atoms with Crippen molar-refractivity contribution in [1.29, 1.82) is 0 Å².